The molecule has 33 heavy (non-hydrogen) atoms. The molecule has 2 aromatic rings. The number of halogens is 3. The minimum Gasteiger partial charge on any atom is -0.465 e. The number of carboxylic acid groups (broad SMARTS) is 1. The van der Waals surface area contributed by atoms with Crippen molar-refractivity contribution in [3.8, 4) is 0 Å². The molecule has 2 aliphatic heterocycles. The molecule has 1 N–H and O–H groups in total. The molecule has 2 aliphatic rings. The highest BCUT2D eigenvalue weighted by Crippen LogP contribution is 2.54. The van der Waals surface area contributed by atoms with Gasteiger partial charge in [-0.05, 0) is 66.7 Å². The van der Waals surface area contributed by atoms with Crippen LogP contribution in [0.5, 0.6) is 0 Å². The maximum absolute atomic E-state index is 14.6. The van der Waals surface area contributed by atoms with Crippen LogP contribution in [0.4, 0.5) is 19.7 Å². The number of likely N-dealkylation sites (tertiary alicyclic amines) is 1. The first-order valence-corrected chi connectivity index (χ1v) is 11.9. The van der Waals surface area contributed by atoms with Crippen molar-refractivity contribution >= 4 is 45.4 Å². The van der Waals surface area contributed by atoms with Crippen molar-refractivity contribution in [2.75, 3.05) is 11.4 Å². The van der Waals surface area contributed by atoms with Crippen molar-refractivity contribution in [3.05, 3.63) is 62.8 Å². The Morgan fingerprint density at radius 3 is 2.55 bits per heavy atom. The summed E-state index contributed by atoms with van der Waals surface area (Å²) in [5, 5.41) is 10.3. The summed E-state index contributed by atoms with van der Waals surface area (Å²) in [6.45, 7) is 5.81. The van der Waals surface area contributed by atoms with Crippen LogP contribution in [0.25, 0.3) is 0 Å². The predicted molar refractivity (Wildman–Crippen MR) is 127 cm³/mol. The van der Waals surface area contributed by atoms with E-state index in [9.17, 15) is 19.1 Å². The van der Waals surface area contributed by atoms with Gasteiger partial charge in [0.05, 0.1) is 16.8 Å². The first-order chi connectivity index (χ1) is 15.5. The zero-order chi connectivity index (χ0) is 24.1. The number of ether oxygens (including phenoxy) is 1. The van der Waals surface area contributed by atoms with Gasteiger partial charge < -0.3 is 14.7 Å². The maximum Gasteiger partial charge on any atom is 0.412 e. The highest BCUT2D eigenvalue weighted by Gasteiger charge is 2.58. The lowest BCUT2D eigenvalue weighted by molar-refractivity contribution is 0.0148. The van der Waals surface area contributed by atoms with Crippen LogP contribution >= 0.6 is 27.5 Å². The van der Waals surface area contributed by atoms with E-state index < -0.39 is 35.2 Å². The summed E-state index contributed by atoms with van der Waals surface area (Å²) in [4.78, 5) is 28.7. The maximum atomic E-state index is 14.6. The number of fused-ring (bicyclic) bond motifs is 1. The molecule has 6 nitrogen and oxygen atoms in total. The summed E-state index contributed by atoms with van der Waals surface area (Å²) in [5.74, 6) is -0.715. The number of rotatable bonds is 2. The van der Waals surface area contributed by atoms with Gasteiger partial charge in [-0.3, -0.25) is 4.90 Å². The highest BCUT2D eigenvalue weighted by molar-refractivity contribution is 9.10. The van der Waals surface area contributed by atoms with Crippen LogP contribution < -0.4 is 4.90 Å². The standard InChI is InChI=1S/C24H25BrClFN2O4/c1-23(2,3)33-22(32)28-11-7-10-18(28)24(14-8-5-4-6-9-14)13-15-17(29(24)21(30)31)12-16(27)20(26)19(15)25/h4-6,8-9,12,18H,7,10-11,13H2,1-3H3,(H,30,31)/t18-,24-/m0/s1. The zero-order valence-corrected chi connectivity index (χ0v) is 20.9. The van der Waals surface area contributed by atoms with Crippen molar-refractivity contribution in [1.82, 2.24) is 4.90 Å². The fourth-order valence-electron chi connectivity index (χ4n) is 5.04. The van der Waals surface area contributed by atoms with Gasteiger partial charge in [0.2, 0.25) is 0 Å². The van der Waals surface area contributed by atoms with Gasteiger partial charge in [-0.1, -0.05) is 41.9 Å². The third-order valence-electron chi connectivity index (χ3n) is 6.22. The summed E-state index contributed by atoms with van der Waals surface area (Å²) in [5.41, 5.74) is -0.357. The van der Waals surface area contributed by atoms with Crippen molar-refractivity contribution < 1.29 is 23.8 Å². The van der Waals surface area contributed by atoms with Gasteiger partial charge in [-0.25, -0.2) is 14.0 Å². The lowest BCUT2D eigenvalue weighted by atomic mass is 9.78. The van der Waals surface area contributed by atoms with Crippen molar-refractivity contribution in [2.24, 2.45) is 0 Å². The van der Waals surface area contributed by atoms with Gasteiger partial charge in [-0.2, -0.15) is 0 Å². The number of hydrogen-bond donors (Lipinski definition) is 1. The first kappa shape index (κ1) is 23.8. The molecule has 1 fully saturated rings. The summed E-state index contributed by atoms with van der Waals surface area (Å²) < 4.78 is 20.6. The van der Waals surface area contributed by atoms with Crippen LogP contribution in [0.2, 0.25) is 5.02 Å². The zero-order valence-electron chi connectivity index (χ0n) is 18.6. The Kier molecular flexibility index (Phi) is 6.12. The lowest BCUT2D eigenvalue weighted by Gasteiger charge is -2.45. The van der Waals surface area contributed by atoms with Crippen LogP contribution in [0.1, 0.15) is 44.7 Å². The summed E-state index contributed by atoms with van der Waals surface area (Å²) in [6.07, 6.45) is -0.242. The van der Waals surface area contributed by atoms with Crippen molar-refractivity contribution in [2.45, 2.75) is 57.2 Å². The van der Waals surface area contributed by atoms with E-state index in [0.717, 1.165) is 6.07 Å². The molecule has 2 aromatic carbocycles. The normalized spacial score (nSPS) is 22.4. The molecule has 0 aliphatic carbocycles. The van der Waals surface area contributed by atoms with E-state index in [1.807, 2.05) is 30.3 Å². The van der Waals surface area contributed by atoms with E-state index in [-0.39, 0.29) is 17.1 Å². The molecule has 1 saturated heterocycles. The average Bonchev–Trinajstić information content (AvgIpc) is 3.35. The van der Waals surface area contributed by atoms with E-state index in [1.165, 1.54) is 4.90 Å². The van der Waals surface area contributed by atoms with Gasteiger partial charge in [0.15, 0.2) is 0 Å². The number of carbonyl (C=O) groups is 2. The molecule has 0 radical (unpaired) electrons. The Morgan fingerprint density at radius 1 is 1.27 bits per heavy atom. The average molecular weight is 540 g/mol. The van der Waals surface area contributed by atoms with Gasteiger partial charge in [-0.15, -0.1) is 0 Å². The molecule has 9 heteroatoms. The molecule has 2 amide bonds. The van der Waals surface area contributed by atoms with E-state index in [4.69, 9.17) is 16.3 Å². The van der Waals surface area contributed by atoms with Crippen molar-refractivity contribution in [1.29, 1.82) is 0 Å². The second kappa shape index (κ2) is 8.47. The number of amides is 2. The summed E-state index contributed by atoms with van der Waals surface area (Å²) in [6, 6.07) is 9.83. The van der Waals surface area contributed by atoms with Crippen LogP contribution in [0, 0.1) is 5.82 Å². The van der Waals surface area contributed by atoms with Crippen LogP contribution in [0.15, 0.2) is 40.9 Å². The van der Waals surface area contributed by atoms with Crippen LogP contribution in [-0.2, 0) is 16.7 Å². The number of carbonyl (C=O) groups excluding carboxylic acids is 1. The van der Waals surface area contributed by atoms with Gasteiger partial charge in [0.1, 0.15) is 17.0 Å². The molecule has 4 rings (SSSR count). The second-order valence-electron chi connectivity index (χ2n) is 9.40. The quantitative estimate of drug-likeness (QED) is 0.438. The van der Waals surface area contributed by atoms with Crippen LogP contribution in [-0.4, -0.2) is 40.4 Å². The summed E-state index contributed by atoms with van der Waals surface area (Å²) in [7, 11) is 0. The largest absolute Gasteiger partial charge is 0.465 e. The van der Waals surface area contributed by atoms with Gasteiger partial charge in [0, 0.05) is 17.4 Å². The lowest BCUT2D eigenvalue weighted by Crippen LogP contribution is -2.60. The molecule has 176 valence electrons. The third-order valence-corrected chi connectivity index (χ3v) is 7.70. The topological polar surface area (TPSA) is 70.1 Å². The van der Waals surface area contributed by atoms with E-state index in [0.29, 0.717) is 35.0 Å². The number of anilines is 1. The Hall–Kier alpha value is -2.32. The second-order valence-corrected chi connectivity index (χ2v) is 10.6. The monoisotopic (exact) mass is 538 g/mol. The summed E-state index contributed by atoms with van der Waals surface area (Å²) >= 11 is 9.55. The molecule has 0 saturated carbocycles. The minimum absolute atomic E-state index is 0.0987. The molecule has 0 spiro atoms. The van der Waals surface area contributed by atoms with E-state index in [2.05, 4.69) is 15.9 Å². The minimum atomic E-state index is -1.23. The molecular weight excluding hydrogens is 515 g/mol. The van der Waals surface area contributed by atoms with Gasteiger partial charge in [0.25, 0.3) is 0 Å². The fourth-order valence-corrected chi connectivity index (χ4v) is 5.75. The first-order valence-electron chi connectivity index (χ1n) is 10.7. The number of benzene rings is 2. The van der Waals surface area contributed by atoms with E-state index >= 15 is 0 Å². The molecular formula is C24H25BrClFN2O4. The number of hydrogen-bond acceptors (Lipinski definition) is 3. The Balaban J connectivity index is 1.93. The van der Waals surface area contributed by atoms with Gasteiger partial charge >= 0.3 is 12.2 Å². The Bertz CT molecular complexity index is 1110. The van der Waals surface area contributed by atoms with Crippen molar-refractivity contribution in [3.63, 3.8) is 0 Å². The SMILES string of the molecule is CC(C)(C)OC(=O)N1CCC[C@H]1[C@@]1(c2ccccc2)Cc2c(cc(F)c(Cl)c2Br)N1C(=O)O. The molecule has 2 atom stereocenters. The molecule has 0 unspecified atom stereocenters. The number of nitrogens with zero attached hydrogens (tertiary/aromatic N) is 2. The molecule has 0 aromatic heterocycles. The fraction of sp³-hybridized carbons (Fsp3) is 0.417. The smallest absolute Gasteiger partial charge is 0.412 e. The Morgan fingerprint density at radius 2 is 1.94 bits per heavy atom. The highest BCUT2D eigenvalue weighted by atomic mass is 79.9. The predicted octanol–water partition coefficient (Wildman–Crippen LogP) is 6.58. The molecule has 0 bridgehead atoms. The van der Waals surface area contributed by atoms with Crippen LogP contribution in [0.3, 0.4) is 0 Å². The Labute approximate surface area is 205 Å². The third kappa shape index (κ3) is 3.97. The molecule has 2 heterocycles. The van der Waals surface area contributed by atoms with E-state index in [1.54, 1.807) is 25.7 Å².